The topological polar surface area (TPSA) is 29.3 Å². The lowest BCUT2D eigenvalue weighted by atomic mass is 10.1. The van der Waals surface area contributed by atoms with Gasteiger partial charge in [-0.15, -0.1) is 0 Å². The summed E-state index contributed by atoms with van der Waals surface area (Å²) in [6, 6.07) is 5.44. The highest BCUT2D eigenvalue weighted by atomic mass is 19.1. The zero-order valence-corrected chi connectivity index (χ0v) is 11.0. The van der Waals surface area contributed by atoms with Crippen molar-refractivity contribution >= 4 is 0 Å². The third-order valence-electron chi connectivity index (χ3n) is 3.38. The fraction of sp³-hybridized carbons (Fsp3) is 0.571. The highest BCUT2D eigenvalue weighted by molar-refractivity contribution is 5.27. The van der Waals surface area contributed by atoms with Crippen LogP contribution in [0.1, 0.15) is 38.3 Å². The molecule has 0 fully saturated rings. The fourth-order valence-corrected chi connectivity index (χ4v) is 2.00. The third kappa shape index (κ3) is 3.79. The molecule has 17 heavy (non-hydrogen) atoms. The van der Waals surface area contributed by atoms with E-state index in [0.717, 1.165) is 30.6 Å². The molecule has 1 rings (SSSR count). The van der Waals surface area contributed by atoms with Crippen molar-refractivity contribution in [2.45, 2.75) is 46.3 Å². The summed E-state index contributed by atoms with van der Waals surface area (Å²) in [5.74, 6) is -0.208. The quantitative estimate of drug-likeness (QED) is 0.825. The molecule has 0 amide bonds. The monoisotopic (exact) mass is 238 g/mol. The van der Waals surface area contributed by atoms with Crippen LogP contribution < -0.4 is 5.73 Å². The lowest BCUT2D eigenvalue weighted by molar-refractivity contribution is 0.205. The van der Waals surface area contributed by atoms with Gasteiger partial charge in [-0.05, 0) is 43.1 Å². The molecule has 0 saturated heterocycles. The molecule has 0 radical (unpaired) electrons. The summed E-state index contributed by atoms with van der Waals surface area (Å²) < 4.78 is 13.1. The summed E-state index contributed by atoms with van der Waals surface area (Å²) in [5, 5.41) is 0. The van der Waals surface area contributed by atoms with E-state index in [1.807, 2.05) is 6.07 Å². The standard InChI is InChI=1S/C14H23FN2/c1-4-11(3)17(5-2)10-12-6-7-14(15)8-13(12)9-16/h6-8,11H,4-5,9-10,16H2,1-3H3. The van der Waals surface area contributed by atoms with Crippen molar-refractivity contribution in [1.29, 1.82) is 0 Å². The molecule has 0 spiro atoms. The zero-order chi connectivity index (χ0) is 12.8. The predicted octanol–water partition coefficient (Wildman–Crippen LogP) is 2.90. The summed E-state index contributed by atoms with van der Waals surface area (Å²) >= 11 is 0. The Morgan fingerprint density at radius 2 is 2.00 bits per heavy atom. The first-order valence-corrected chi connectivity index (χ1v) is 6.33. The Labute approximate surface area is 104 Å². The van der Waals surface area contributed by atoms with E-state index in [1.54, 1.807) is 6.07 Å². The Balaban J connectivity index is 2.85. The number of nitrogens with two attached hydrogens (primary N) is 1. The van der Waals surface area contributed by atoms with Crippen LogP contribution in [0.4, 0.5) is 4.39 Å². The highest BCUT2D eigenvalue weighted by Crippen LogP contribution is 2.15. The first-order chi connectivity index (χ1) is 8.12. The van der Waals surface area contributed by atoms with Crippen molar-refractivity contribution < 1.29 is 4.39 Å². The van der Waals surface area contributed by atoms with Crippen molar-refractivity contribution in [3.05, 3.63) is 35.1 Å². The van der Waals surface area contributed by atoms with E-state index in [1.165, 1.54) is 6.07 Å². The number of hydrogen-bond donors (Lipinski definition) is 1. The molecule has 1 aromatic carbocycles. The average Bonchev–Trinajstić information content (AvgIpc) is 2.36. The Bertz CT molecular complexity index is 352. The van der Waals surface area contributed by atoms with Gasteiger partial charge in [-0.25, -0.2) is 4.39 Å². The zero-order valence-electron chi connectivity index (χ0n) is 11.0. The van der Waals surface area contributed by atoms with Gasteiger partial charge in [0, 0.05) is 19.1 Å². The minimum atomic E-state index is -0.208. The van der Waals surface area contributed by atoms with Crippen molar-refractivity contribution in [2.24, 2.45) is 5.73 Å². The third-order valence-corrected chi connectivity index (χ3v) is 3.38. The lowest BCUT2D eigenvalue weighted by Gasteiger charge is -2.27. The number of rotatable bonds is 6. The van der Waals surface area contributed by atoms with Crippen LogP contribution >= 0.6 is 0 Å². The Kier molecular flexibility index (Phi) is 5.59. The minimum absolute atomic E-state index is 0.208. The second-order valence-electron chi connectivity index (χ2n) is 4.44. The summed E-state index contributed by atoms with van der Waals surface area (Å²) in [4.78, 5) is 2.38. The summed E-state index contributed by atoms with van der Waals surface area (Å²) in [6.45, 7) is 8.79. The van der Waals surface area contributed by atoms with Gasteiger partial charge in [0.2, 0.25) is 0 Å². The predicted molar refractivity (Wildman–Crippen MR) is 70.1 cm³/mol. The fourth-order valence-electron chi connectivity index (χ4n) is 2.00. The van der Waals surface area contributed by atoms with Crippen LogP contribution in [-0.4, -0.2) is 17.5 Å². The highest BCUT2D eigenvalue weighted by Gasteiger charge is 2.12. The van der Waals surface area contributed by atoms with E-state index < -0.39 is 0 Å². The molecule has 0 saturated carbocycles. The molecule has 3 heteroatoms. The molecule has 1 unspecified atom stereocenters. The summed E-state index contributed by atoms with van der Waals surface area (Å²) in [5.41, 5.74) is 7.70. The summed E-state index contributed by atoms with van der Waals surface area (Å²) in [6.07, 6.45) is 1.12. The molecular formula is C14H23FN2. The first kappa shape index (κ1) is 14.1. The van der Waals surface area contributed by atoms with Gasteiger partial charge < -0.3 is 5.73 Å². The van der Waals surface area contributed by atoms with Crippen LogP contribution in [0.3, 0.4) is 0 Å². The molecule has 2 N–H and O–H groups in total. The van der Waals surface area contributed by atoms with Crippen molar-refractivity contribution in [3.63, 3.8) is 0 Å². The molecule has 0 heterocycles. The minimum Gasteiger partial charge on any atom is -0.326 e. The van der Waals surface area contributed by atoms with E-state index in [0.29, 0.717) is 12.6 Å². The molecule has 0 aliphatic rings. The van der Waals surface area contributed by atoms with Gasteiger partial charge in [0.15, 0.2) is 0 Å². The number of hydrogen-bond acceptors (Lipinski definition) is 2. The van der Waals surface area contributed by atoms with E-state index in [-0.39, 0.29) is 5.82 Å². The van der Waals surface area contributed by atoms with Gasteiger partial charge in [-0.2, -0.15) is 0 Å². The maximum atomic E-state index is 13.1. The van der Waals surface area contributed by atoms with Crippen LogP contribution in [0.25, 0.3) is 0 Å². The molecule has 96 valence electrons. The Hall–Kier alpha value is -0.930. The van der Waals surface area contributed by atoms with E-state index >= 15 is 0 Å². The molecule has 1 aromatic rings. The second-order valence-corrected chi connectivity index (χ2v) is 4.44. The van der Waals surface area contributed by atoms with E-state index in [9.17, 15) is 4.39 Å². The molecule has 1 atom stereocenters. The Morgan fingerprint density at radius 3 is 2.53 bits per heavy atom. The second kappa shape index (κ2) is 6.72. The SMILES string of the molecule is CCC(C)N(CC)Cc1ccc(F)cc1CN. The maximum absolute atomic E-state index is 13.1. The van der Waals surface area contributed by atoms with Gasteiger partial charge in [0.25, 0.3) is 0 Å². The van der Waals surface area contributed by atoms with Crippen LogP contribution in [0, 0.1) is 5.82 Å². The van der Waals surface area contributed by atoms with E-state index in [2.05, 4.69) is 25.7 Å². The van der Waals surface area contributed by atoms with Crippen molar-refractivity contribution in [3.8, 4) is 0 Å². The molecule has 0 aliphatic carbocycles. The van der Waals surface area contributed by atoms with Crippen LogP contribution in [-0.2, 0) is 13.1 Å². The maximum Gasteiger partial charge on any atom is 0.123 e. The lowest BCUT2D eigenvalue weighted by Crippen LogP contribution is -2.32. The van der Waals surface area contributed by atoms with Gasteiger partial charge >= 0.3 is 0 Å². The van der Waals surface area contributed by atoms with Crippen LogP contribution in [0.2, 0.25) is 0 Å². The first-order valence-electron chi connectivity index (χ1n) is 6.33. The molecule has 0 aromatic heterocycles. The molecule has 0 aliphatic heterocycles. The summed E-state index contributed by atoms with van der Waals surface area (Å²) in [7, 11) is 0. The van der Waals surface area contributed by atoms with E-state index in [4.69, 9.17) is 5.73 Å². The molecule has 2 nitrogen and oxygen atoms in total. The largest absolute Gasteiger partial charge is 0.326 e. The van der Waals surface area contributed by atoms with Crippen LogP contribution in [0.5, 0.6) is 0 Å². The van der Waals surface area contributed by atoms with Crippen molar-refractivity contribution in [2.75, 3.05) is 6.54 Å². The van der Waals surface area contributed by atoms with Crippen molar-refractivity contribution in [1.82, 2.24) is 4.90 Å². The number of halogens is 1. The molecule has 0 bridgehead atoms. The smallest absolute Gasteiger partial charge is 0.123 e. The Morgan fingerprint density at radius 1 is 1.29 bits per heavy atom. The average molecular weight is 238 g/mol. The van der Waals surface area contributed by atoms with Gasteiger partial charge in [0.1, 0.15) is 5.82 Å². The number of nitrogens with zero attached hydrogens (tertiary/aromatic N) is 1. The molecular weight excluding hydrogens is 215 g/mol. The number of benzene rings is 1. The van der Waals surface area contributed by atoms with Gasteiger partial charge in [-0.1, -0.05) is 19.9 Å². The normalized spacial score (nSPS) is 13.1. The van der Waals surface area contributed by atoms with Gasteiger partial charge in [-0.3, -0.25) is 4.90 Å². The van der Waals surface area contributed by atoms with Gasteiger partial charge in [0.05, 0.1) is 0 Å². The van der Waals surface area contributed by atoms with Crippen LogP contribution in [0.15, 0.2) is 18.2 Å².